The molecule has 1 amide bonds. The molecule has 1 N–H and O–H groups in total. The van der Waals surface area contributed by atoms with Crippen LogP contribution in [0.5, 0.6) is 5.75 Å². The molecule has 0 heterocycles. The van der Waals surface area contributed by atoms with E-state index in [1.807, 2.05) is 25.1 Å². The maximum atomic E-state index is 12.0. The summed E-state index contributed by atoms with van der Waals surface area (Å²) < 4.78 is 10.3. The molecule has 0 spiro atoms. The van der Waals surface area contributed by atoms with Crippen molar-refractivity contribution < 1.29 is 19.1 Å². The second-order valence-electron chi connectivity index (χ2n) is 5.34. The third-order valence-electron chi connectivity index (χ3n) is 3.48. The van der Waals surface area contributed by atoms with Crippen molar-refractivity contribution in [3.8, 4) is 5.75 Å². The van der Waals surface area contributed by atoms with Gasteiger partial charge in [0.25, 0.3) is 5.91 Å². The summed E-state index contributed by atoms with van der Waals surface area (Å²) in [5, 5.41) is 3.43. The highest BCUT2D eigenvalue weighted by Crippen LogP contribution is 2.22. The van der Waals surface area contributed by atoms with Gasteiger partial charge in [-0.2, -0.15) is 0 Å². The summed E-state index contributed by atoms with van der Waals surface area (Å²) in [6, 6.07) is 13.6. The summed E-state index contributed by atoms with van der Waals surface area (Å²) in [5.41, 5.74) is 1.28. The lowest BCUT2D eigenvalue weighted by molar-refractivity contribution is -0.123. The number of amides is 1. The highest BCUT2D eigenvalue weighted by atomic mass is 35.5. The first-order chi connectivity index (χ1) is 12.0. The molecule has 0 aliphatic heterocycles. The zero-order valence-electron chi connectivity index (χ0n) is 14.1. The highest BCUT2D eigenvalue weighted by molar-refractivity contribution is 6.31. The molecule has 2 aromatic rings. The van der Waals surface area contributed by atoms with E-state index in [9.17, 15) is 9.59 Å². The van der Waals surface area contributed by atoms with Crippen LogP contribution < -0.4 is 10.1 Å². The molecule has 5 nitrogen and oxygen atoms in total. The fourth-order valence-electron chi connectivity index (χ4n) is 2.24. The number of rotatable bonds is 7. The Balaban J connectivity index is 1.85. The fraction of sp³-hybridized carbons (Fsp3) is 0.263. The Labute approximate surface area is 151 Å². The van der Waals surface area contributed by atoms with Crippen molar-refractivity contribution in [1.29, 1.82) is 0 Å². The van der Waals surface area contributed by atoms with E-state index in [1.54, 1.807) is 37.3 Å². The molecule has 25 heavy (non-hydrogen) atoms. The molecule has 0 saturated heterocycles. The molecule has 132 valence electrons. The molecule has 2 rings (SSSR count). The third-order valence-corrected chi connectivity index (χ3v) is 3.83. The van der Waals surface area contributed by atoms with Crippen LogP contribution in [0.3, 0.4) is 0 Å². The molecule has 0 radical (unpaired) electrons. The monoisotopic (exact) mass is 361 g/mol. The van der Waals surface area contributed by atoms with Crippen LogP contribution in [0, 0.1) is 0 Å². The van der Waals surface area contributed by atoms with E-state index in [-0.39, 0.29) is 24.5 Å². The first kappa shape index (κ1) is 18.8. The molecule has 0 aromatic heterocycles. The Morgan fingerprint density at radius 2 is 1.80 bits per heavy atom. The van der Waals surface area contributed by atoms with Gasteiger partial charge in [0.15, 0.2) is 6.61 Å². The van der Waals surface area contributed by atoms with Crippen LogP contribution in [-0.2, 0) is 9.53 Å². The lowest BCUT2D eigenvalue weighted by atomic mass is 10.1. The summed E-state index contributed by atoms with van der Waals surface area (Å²) in [6.45, 7) is 3.79. The molecule has 2 aromatic carbocycles. The zero-order valence-corrected chi connectivity index (χ0v) is 14.9. The quantitative estimate of drug-likeness (QED) is 0.762. The second kappa shape index (κ2) is 9.08. The number of hydrogen-bond acceptors (Lipinski definition) is 4. The fourth-order valence-corrected chi connectivity index (χ4v) is 2.54. The predicted molar refractivity (Wildman–Crippen MR) is 95.9 cm³/mol. The summed E-state index contributed by atoms with van der Waals surface area (Å²) in [6.07, 6.45) is 0. The molecule has 1 atom stereocenters. The Kier molecular flexibility index (Phi) is 6.83. The third kappa shape index (κ3) is 5.50. The largest absolute Gasteiger partial charge is 0.484 e. The smallest absolute Gasteiger partial charge is 0.338 e. The van der Waals surface area contributed by atoms with E-state index in [0.29, 0.717) is 22.9 Å². The molecule has 0 bridgehead atoms. The average Bonchev–Trinajstić information content (AvgIpc) is 2.61. The Morgan fingerprint density at radius 1 is 1.12 bits per heavy atom. The van der Waals surface area contributed by atoms with Crippen LogP contribution in [0.15, 0.2) is 48.5 Å². The van der Waals surface area contributed by atoms with Crippen molar-refractivity contribution in [3.05, 3.63) is 64.7 Å². The van der Waals surface area contributed by atoms with Gasteiger partial charge in [0, 0.05) is 5.02 Å². The predicted octanol–water partition coefficient (Wildman–Crippen LogP) is 3.77. The van der Waals surface area contributed by atoms with E-state index >= 15 is 0 Å². The molecular weight excluding hydrogens is 342 g/mol. The maximum Gasteiger partial charge on any atom is 0.338 e. The van der Waals surface area contributed by atoms with Gasteiger partial charge in [-0.3, -0.25) is 4.79 Å². The van der Waals surface area contributed by atoms with E-state index in [2.05, 4.69) is 5.32 Å². The van der Waals surface area contributed by atoms with Crippen LogP contribution in [0.25, 0.3) is 0 Å². The number of hydrogen-bond donors (Lipinski definition) is 1. The first-order valence-corrected chi connectivity index (χ1v) is 8.32. The molecule has 0 unspecified atom stereocenters. The topological polar surface area (TPSA) is 64.6 Å². The van der Waals surface area contributed by atoms with E-state index < -0.39 is 0 Å². The summed E-state index contributed by atoms with van der Waals surface area (Å²) in [4.78, 5) is 23.6. The highest BCUT2D eigenvalue weighted by Gasteiger charge is 2.13. The van der Waals surface area contributed by atoms with Gasteiger partial charge in [-0.25, -0.2) is 4.79 Å². The van der Waals surface area contributed by atoms with E-state index in [0.717, 1.165) is 5.56 Å². The lowest BCUT2D eigenvalue weighted by Crippen LogP contribution is -2.31. The van der Waals surface area contributed by atoms with Crippen LogP contribution in [-0.4, -0.2) is 25.1 Å². The molecule has 0 saturated carbocycles. The molecule has 0 aliphatic carbocycles. The lowest BCUT2D eigenvalue weighted by Gasteiger charge is -2.16. The molecular formula is C19H20ClNO4. The van der Waals surface area contributed by atoms with Crippen molar-refractivity contribution in [2.24, 2.45) is 0 Å². The average molecular weight is 362 g/mol. The van der Waals surface area contributed by atoms with Gasteiger partial charge in [-0.05, 0) is 49.7 Å². The van der Waals surface area contributed by atoms with Crippen molar-refractivity contribution in [1.82, 2.24) is 5.32 Å². The minimum absolute atomic E-state index is 0.131. The van der Waals surface area contributed by atoms with Crippen LogP contribution in [0.2, 0.25) is 5.02 Å². The van der Waals surface area contributed by atoms with Gasteiger partial charge < -0.3 is 14.8 Å². The summed E-state index contributed by atoms with van der Waals surface area (Å²) >= 11 is 6.12. The number of benzene rings is 2. The number of ether oxygens (including phenoxy) is 2. The van der Waals surface area contributed by atoms with Crippen molar-refractivity contribution in [3.63, 3.8) is 0 Å². The van der Waals surface area contributed by atoms with Crippen molar-refractivity contribution >= 4 is 23.5 Å². The number of carbonyl (C=O) groups is 2. The second-order valence-corrected chi connectivity index (χ2v) is 5.75. The number of halogens is 1. The Hall–Kier alpha value is -2.53. The molecule has 0 fully saturated rings. The van der Waals surface area contributed by atoms with Gasteiger partial charge >= 0.3 is 5.97 Å². The Bertz CT molecular complexity index is 730. The Morgan fingerprint density at radius 3 is 2.44 bits per heavy atom. The van der Waals surface area contributed by atoms with Crippen LogP contribution >= 0.6 is 11.6 Å². The van der Waals surface area contributed by atoms with Crippen LogP contribution in [0.4, 0.5) is 0 Å². The van der Waals surface area contributed by atoms with Crippen molar-refractivity contribution in [2.75, 3.05) is 13.2 Å². The van der Waals surface area contributed by atoms with Gasteiger partial charge in [-0.15, -0.1) is 0 Å². The van der Waals surface area contributed by atoms with Gasteiger partial charge in [0.05, 0.1) is 18.2 Å². The van der Waals surface area contributed by atoms with Crippen LogP contribution in [0.1, 0.15) is 35.8 Å². The standard InChI is InChI=1S/C19H20ClNO4/c1-3-24-19(23)14-8-10-15(11-9-14)25-12-18(22)21-13(2)16-6-4-5-7-17(16)20/h4-11,13H,3,12H2,1-2H3,(H,21,22)/t13-/m0/s1. The zero-order chi connectivity index (χ0) is 18.2. The number of nitrogens with one attached hydrogen (secondary N) is 1. The minimum atomic E-state index is -0.389. The van der Waals surface area contributed by atoms with E-state index in [4.69, 9.17) is 21.1 Å². The SMILES string of the molecule is CCOC(=O)c1ccc(OCC(=O)N[C@@H](C)c2ccccc2Cl)cc1. The van der Waals surface area contributed by atoms with E-state index in [1.165, 1.54) is 0 Å². The molecule has 6 heteroatoms. The van der Waals surface area contributed by atoms with Gasteiger partial charge in [0.1, 0.15) is 5.75 Å². The minimum Gasteiger partial charge on any atom is -0.484 e. The normalized spacial score (nSPS) is 11.5. The first-order valence-electron chi connectivity index (χ1n) is 7.95. The molecule has 0 aliphatic rings. The number of esters is 1. The summed E-state index contributed by atoms with van der Waals surface area (Å²) in [5.74, 6) is -0.157. The number of carbonyl (C=O) groups excluding carboxylic acids is 2. The summed E-state index contributed by atoms with van der Waals surface area (Å²) in [7, 11) is 0. The van der Waals surface area contributed by atoms with Crippen molar-refractivity contribution in [2.45, 2.75) is 19.9 Å². The van der Waals surface area contributed by atoms with Gasteiger partial charge in [-0.1, -0.05) is 29.8 Å². The maximum absolute atomic E-state index is 12.0. The van der Waals surface area contributed by atoms with Gasteiger partial charge in [0.2, 0.25) is 0 Å².